The van der Waals surface area contributed by atoms with Gasteiger partial charge in [-0.2, -0.15) is 0 Å². The van der Waals surface area contributed by atoms with Crippen molar-refractivity contribution in [1.29, 1.82) is 0 Å². The Labute approximate surface area is 474 Å². The highest BCUT2D eigenvalue weighted by atomic mass is 16.5. The van der Waals surface area contributed by atoms with E-state index in [0.717, 1.165) is 44.9 Å². The van der Waals surface area contributed by atoms with Gasteiger partial charge in [0.1, 0.15) is 0 Å². The molecule has 1 amide bonds. The van der Waals surface area contributed by atoms with Crippen molar-refractivity contribution in [2.45, 2.75) is 386 Å². The van der Waals surface area contributed by atoms with Gasteiger partial charge >= 0.3 is 5.97 Å². The van der Waals surface area contributed by atoms with Crippen LogP contribution in [0.2, 0.25) is 0 Å². The normalized spacial score (nSPS) is 12.7. The van der Waals surface area contributed by atoms with Crippen molar-refractivity contribution in [3.05, 3.63) is 36.5 Å². The van der Waals surface area contributed by atoms with E-state index in [-0.39, 0.29) is 18.5 Å². The predicted molar refractivity (Wildman–Crippen MR) is 333 cm³/mol. The summed E-state index contributed by atoms with van der Waals surface area (Å²) in [6, 6.07) is -0.627. The van der Waals surface area contributed by atoms with Gasteiger partial charge < -0.3 is 20.3 Å². The van der Waals surface area contributed by atoms with Crippen LogP contribution in [0, 0.1) is 0 Å². The molecule has 0 bridgehead atoms. The second-order valence-electron chi connectivity index (χ2n) is 23.5. The fourth-order valence-corrected chi connectivity index (χ4v) is 10.6. The molecule has 0 saturated carbocycles. The minimum absolute atomic E-state index is 0.00847. The van der Waals surface area contributed by atoms with E-state index >= 15 is 0 Å². The van der Waals surface area contributed by atoms with Crippen molar-refractivity contribution in [1.82, 2.24) is 5.32 Å². The zero-order chi connectivity index (χ0) is 55.0. The Hall–Kier alpha value is -1.92. The van der Waals surface area contributed by atoms with E-state index in [9.17, 15) is 19.8 Å². The summed E-state index contributed by atoms with van der Waals surface area (Å²) in [4.78, 5) is 24.5. The number of esters is 1. The number of aliphatic hydroxyl groups is 2. The number of nitrogens with one attached hydrogen (secondary N) is 1. The molecule has 6 nitrogen and oxygen atoms in total. The lowest BCUT2D eigenvalue weighted by Crippen LogP contribution is -2.45. The van der Waals surface area contributed by atoms with Crippen LogP contribution in [0.25, 0.3) is 0 Å². The number of allylic oxidation sites excluding steroid dienone is 5. The molecule has 0 radical (unpaired) electrons. The summed E-state index contributed by atoms with van der Waals surface area (Å²) in [5.74, 6) is -0.0569. The number of hydrogen-bond donors (Lipinski definition) is 3. The lowest BCUT2D eigenvalue weighted by molar-refractivity contribution is -0.143. The van der Waals surface area contributed by atoms with Crippen molar-refractivity contribution >= 4 is 11.9 Å². The smallest absolute Gasteiger partial charge is 0.305 e. The van der Waals surface area contributed by atoms with Crippen LogP contribution in [-0.2, 0) is 14.3 Å². The molecular weight excluding hydrogens is 935 g/mol. The largest absolute Gasteiger partial charge is 0.466 e. The Morgan fingerprint density at radius 3 is 0.934 bits per heavy atom. The second-order valence-corrected chi connectivity index (χ2v) is 23.5. The number of carbonyl (C=O) groups is 2. The first-order valence-corrected chi connectivity index (χ1v) is 34.3. The minimum Gasteiger partial charge on any atom is -0.466 e. The third-order valence-corrected chi connectivity index (χ3v) is 15.9. The van der Waals surface area contributed by atoms with Crippen LogP contribution < -0.4 is 5.32 Å². The average Bonchev–Trinajstić information content (AvgIpc) is 3.42. The standard InChI is InChI=1S/C70H133NO5/c1-3-5-7-9-11-13-15-17-34-38-42-46-50-54-58-62-68(73)67(66-72)71-69(74)63-59-55-51-47-43-39-36-32-30-28-26-24-22-20-19-21-23-25-27-29-31-33-37-41-45-49-53-57-61-65-76-70(75)64-60-56-52-48-44-40-35-18-16-14-12-10-8-6-4-2/h18-19,21,35,58,62,67-68,72-73H,3-17,20,22-34,36-57,59-61,63-66H2,1-2H3,(H,71,74)/b21-19-,35-18-,62-58+. The molecule has 0 rings (SSSR count). The highest BCUT2D eigenvalue weighted by Gasteiger charge is 2.18. The maximum Gasteiger partial charge on any atom is 0.305 e. The molecule has 2 unspecified atom stereocenters. The van der Waals surface area contributed by atoms with Gasteiger partial charge in [0.15, 0.2) is 0 Å². The summed E-state index contributed by atoms with van der Waals surface area (Å²) in [6.45, 7) is 4.92. The van der Waals surface area contributed by atoms with Crippen LogP contribution in [0.1, 0.15) is 373 Å². The first-order valence-electron chi connectivity index (χ1n) is 34.3. The molecule has 0 aliphatic carbocycles. The fourth-order valence-electron chi connectivity index (χ4n) is 10.6. The first-order chi connectivity index (χ1) is 37.5. The molecule has 76 heavy (non-hydrogen) atoms. The first kappa shape index (κ1) is 74.1. The predicted octanol–water partition coefficient (Wildman–Crippen LogP) is 21.9. The van der Waals surface area contributed by atoms with E-state index in [0.29, 0.717) is 19.4 Å². The Kier molecular flexibility index (Phi) is 63.9. The number of ether oxygens (including phenoxy) is 1. The van der Waals surface area contributed by atoms with Crippen LogP contribution in [-0.4, -0.2) is 47.4 Å². The number of aliphatic hydroxyl groups excluding tert-OH is 2. The molecule has 0 spiro atoms. The van der Waals surface area contributed by atoms with E-state index in [1.807, 2.05) is 6.08 Å². The van der Waals surface area contributed by atoms with Gasteiger partial charge in [-0.05, 0) is 83.5 Å². The summed E-state index contributed by atoms with van der Waals surface area (Å²) in [5.41, 5.74) is 0. The highest BCUT2D eigenvalue weighted by molar-refractivity contribution is 5.76. The van der Waals surface area contributed by atoms with Gasteiger partial charge in [0.05, 0.1) is 25.4 Å². The van der Waals surface area contributed by atoms with Gasteiger partial charge in [0.25, 0.3) is 0 Å². The molecule has 3 N–H and O–H groups in total. The number of amides is 1. The van der Waals surface area contributed by atoms with Crippen molar-refractivity contribution in [3.63, 3.8) is 0 Å². The van der Waals surface area contributed by atoms with Crippen molar-refractivity contribution in [2.75, 3.05) is 13.2 Å². The van der Waals surface area contributed by atoms with Crippen molar-refractivity contribution in [3.8, 4) is 0 Å². The van der Waals surface area contributed by atoms with E-state index < -0.39 is 12.1 Å². The summed E-state index contributed by atoms with van der Waals surface area (Å²) in [6.07, 6.45) is 83.6. The van der Waals surface area contributed by atoms with E-state index in [1.54, 1.807) is 6.08 Å². The zero-order valence-electron chi connectivity index (χ0n) is 51.3. The molecule has 0 aromatic heterocycles. The van der Waals surface area contributed by atoms with Gasteiger partial charge in [-0.1, -0.05) is 314 Å². The molecular formula is C70H133NO5. The van der Waals surface area contributed by atoms with Crippen LogP contribution in [0.15, 0.2) is 36.5 Å². The van der Waals surface area contributed by atoms with Crippen LogP contribution in [0.5, 0.6) is 0 Å². The number of hydrogen-bond acceptors (Lipinski definition) is 5. The summed E-state index contributed by atoms with van der Waals surface area (Å²) in [7, 11) is 0. The third-order valence-electron chi connectivity index (χ3n) is 15.9. The Bertz CT molecular complexity index is 1230. The quantitative estimate of drug-likeness (QED) is 0.0320. The molecule has 2 atom stereocenters. The number of rotatable bonds is 64. The third kappa shape index (κ3) is 61.3. The highest BCUT2D eigenvalue weighted by Crippen LogP contribution is 2.18. The Morgan fingerprint density at radius 2 is 0.618 bits per heavy atom. The Morgan fingerprint density at radius 1 is 0.355 bits per heavy atom. The number of unbranched alkanes of at least 4 members (excludes halogenated alkanes) is 49. The fraction of sp³-hybridized carbons (Fsp3) is 0.886. The maximum atomic E-state index is 12.5. The molecule has 0 aromatic carbocycles. The van der Waals surface area contributed by atoms with Gasteiger partial charge in [-0.25, -0.2) is 0 Å². The molecule has 0 aliphatic heterocycles. The van der Waals surface area contributed by atoms with Gasteiger partial charge in [-0.15, -0.1) is 0 Å². The van der Waals surface area contributed by atoms with Crippen molar-refractivity contribution < 1.29 is 24.5 Å². The van der Waals surface area contributed by atoms with Gasteiger partial charge in [0.2, 0.25) is 5.91 Å². The molecule has 6 heteroatoms. The average molecular weight is 1070 g/mol. The molecule has 0 heterocycles. The SMILES string of the molecule is CCCCCCCC/C=C\CCCCCCCC(=O)OCCCCCCCCCCCCCC/C=C\CCCCCCCCCCCCCCCC(=O)NC(CO)C(O)/C=C/CCCCCCCCCCCCCCC. The zero-order valence-corrected chi connectivity index (χ0v) is 51.3. The maximum absolute atomic E-state index is 12.5. The van der Waals surface area contributed by atoms with E-state index in [4.69, 9.17) is 4.74 Å². The Balaban J connectivity index is 3.38. The second kappa shape index (κ2) is 65.6. The van der Waals surface area contributed by atoms with E-state index in [1.165, 1.54) is 302 Å². The number of carbonyl (C=O) groups excluding carboxylic acids is 2. The molecule has 0 aromatic rings. The van der Waals surface area contributed by atoms with Gasteiger partial charge in [-0.3, -0.25) is 9.59 Å². The summed E-state index contributed by atoms with van der Waals surface area (Å²) >= 11 is 0. The summed E-state index contributed by atoms with van der Waals surface area (Å²) in [5, 5.41) is 23.2. The molecule has 0 aliphatic rings. The molecule has 0 fully saturated rings. The topological polar surface area (TPSA) is 95.9 Å². The molecule has 448 valence electrons. The van der Waals surface area contributed by atoms with Gasteiger partial charge in [0, 0.05) is 12.8 Å². The summed E-state index contributed by atoms with van der Waals surface area (Å²) < 4.78 is 5.49. The van der Waals surface area contributed by atoms with Crippen LogP contribution in [0.4, 0.5) is 0 Å². The van der Waals surface area contributed by atoms with E-state index in [2.05, 4.69) is 43.5 Å². The lowest BCUT2D eigenvalue weighted by Gasteiger charge is -2.20. The van der Waals surface area contributed by atoms with Crippen LogP contribution in [0.3, 0.4) is 0 Å². The minimum atomic E-state index is -0.844. The molecule has 0 saturated heterocycles. The van der Waals surface area contributed by atoms with Crippen molar-refractivity contribution in [2.24, 2.45) is 0 Å². The monoisotopic (exact) mass is 1070 g/mol. The van der Waals surface area contributed by atoms with Crippen LogP contribution >= 0.6 is 0 Å². The lowest BCUT2D eigenvalue weighted by atomic mass is 10.0.